The van der Waals surface area contributed by atoms with E-state index in [2.05, 4.69) is 0 Å². The Morgan fingerprint density at radius 2 is 2.25 bits per heavy atom. The lowest BCUT2D eigenvalue weighted by atomic mass is 10.2. The van der Waals surface area contributed by atoms with Crippen LogP contribution in [0.5, 0.6) is 0 Å². The number of aliphatic hydroxyl groups is 1. The maximum absolute atomic E-state index is 11.2. The average Bonchev–Trinajstić information content (AvgIpc) is 2.27. The van der Waals surface area contributed by atoms with Gasteiger partial charge in [-0.15, -0.1) is 0 Å². The van der Waals surface area contributed by atoms with Gasteiger partial charge in [0.25, 0.3) is 0 Å². The largest absolute Gasteiger partial charge is 0.394 e. The number of aliphatic hydroxyl groups excluding tert-OH is 1. The maximum atomic E-state index is 11.2. The molecule has 4 nitrogen and oxygen atoms in total. The third-order valence-electron chi connectivity index (χ3n) is 1.87. The van der Waals surface area contributed by atoms with Crippen LogP contribution >= 0.6 is 0 Å². The van der Waals surface area contributed by atoms with Crippen LogP contribution in [0.15, 0.2) is 0 Å². The second-order valence-electron chi connectivity index (χ2n) is 2.86. The van der Waals surface area contributed by atoms with Crippen molar-refractivity contribution in [1.82, 2.24) is 5.06 Å². The Hall–Kier alpha value is -0.610. The van der Waals surface area contributed by atoms with Crippen LogP contribution in [0.1, 0.15) is 25.7 Å². The van der Waals surface area contributed by atoms with E-state index < -0.39 is 0 Å². The lowest BCUT2D eigenvalue weighted by molar-refractivity contribution is -0.188. The third-order valence-corrected chi connectivity index (χ3v) is 1.87. The predicted molar refractivity (Wildman–Crippen MR) is 43.2 cm³/mol. The lowest BCUT2D eigenvalue weighted by Gasteiger charge is -2.18. The molecule has 12 heavy (non-hydrogen) atoms. The van der Waals surface area contributed by atoms with Gasteiger partial charge < -0.3 is 5.11 Å². The van der Waals surface area contributed by atoms with E-state index >= 15 is 0 Å². The third kappa shape index (κ3) is 2.79. The van der Waals surface area contributed by atoms with Gasteiger partial charge in [-0.3, -0.25) is 9.63 Å². The van der Waals surface area contributed by atoms with E-state index in [0.717, 1.165) is 19.3 Å². The van der Waals surface area contributed by atoms with E-state index in [-0.39, 0.29) is 19.1 Å². The molecule has 1 saturated heterocycles. The van der Waals surface area contributed by atoms with Gasteiger partial charge in [0.15, 0.2) is 0 Å². The molecule has 1 fully saturated rings. The fourth-order valence-electron chi connectivity index (χ4n) is 1.25. The van der Waals surface area contributed by atoms with Gasteiger partial charge in [0.2, 0.25) is 5.91 Å². The van der Waals surface area contributed by atoms with Crippen molar-refractivity contribution in [2.75, 3.05) is 19.8 Å². The summed E-state index contributed by atoms with van der Waals surface area (Å²) in [4.78, 5) is 16.3. The summed E-state index contributed by atoms with van der Waals surface area (Å²) in [5, 5.41) is 9.87. The lowest BCUT2D eigenvalue weighted by Crippen LogP contribution is -2.31. The SMILES string of the molecule is O=C1CCCCCN1OCCO. The molecule has 1 aliphatic rings. The highest BCUT2D eigenvalue weighted by Crippen LogP contribution is 2.10. The molecule has 0 bridgehead atoms. The molecule has 0 aromatic carbocycles. The number of amides is 1. The van der Waals surface area contributed by atoms with Crippen LogP contribution in [-0.2, 0) is 9.63 Å². The van der Waals surface area contributed by atoms with Crippen molar-refractivity contribution >= 4 is 5.91 Å². The number of nitrogens with zero attached hydrogens (tertiary/aromatic N) is 1. The summed E-state index contributed by atoms with van der Waals surface area (Å²) in [7, 11) is 0. The van der Waals surface area contributed by atoms with Crippen molar-refractivity contribution in [2.45, 2.75) is 25.7 Å². The van der Waals surface area contributed by atoms with E-state index in [9.17, 15) is 4.79 Å². The summed E-state index contributed by atoms with van der Waals surface area (Å²) < 4.78 is 0. The molecule has 0 radical (unpaired) electrons. The first kappa shape index (κ1) is 9.48. The Kier molecular flexibility index (Phi) is 4.04. The number of hydroxylamine groups is 2. The van der Waals surface area contributed by atoms with Crippen molar-refractivity contribution in [2.24, 2.45) is 0 Å². The normalized spacial score (nSPS) is 19.4. The van der Waals surface area contributed by atoms with Gasteiger partial charge in [0, 0.05) is 13.0 Å². The van der Waals surface area contributed by atoms with E-state index in [1.54, 1.807) is 0 Å². The number of hydrogen-bond donors (Lipinski definition) is 1. The van der Waals surface area contributed by atoms with Crippen LogP contribution < -0.4 is 0 Å². The molecule has 0 aliphatic carbocycles. The van der Waals surface area contributed by atoms with Crippen LogP contribution in [0.3, 0.4) is 0 Å². The van der Waals surface area contributed by atoms with E-state index in [1.807, 2.05) is 0 Å². The number of hydrogen-bond acceptors (Lipinski definition) is 3. The van der Waals surface area contributed by atoms with Crippen molar-refractivity contribution in [3.05, 3.63) is 0 Å². The minimum absolute atomic E-state index is 0.0379. The van der Waals surface area contributed by atoms with Crippen LogP contribution in [0.2, 0.25) is 0 Å². The second-order valence-corrected chi connectivity index (χ2v) is 2.86. The Morgan fingerprint density at radius 3 is 3.00 bits per heavy atom. The van der Waals surface area contributed by atoms with E-state index in [1.165, 1.54) is 5.06 Å². The van der Waals surface area contributed by atoms with Gasteiger partial charge in [0.05, 0.1) is 13.2 Å². The Balaban J connectivity index is 2.31. The summed E-state index contributed by atoms with van der Waals surface area (Å²) in [5.41, 5.74) is 0. The molecule has 0 aromatic heterocycles. The highest BCUT2D eigenvalue weighted by atomic mass is 16.7. The van der Waals surface area contributed by atoms with Crippen molar-refractivity contribution < 1.29 is 14.7 Å². The monoisotopic (exact) mass is 173 g/mol. The molecule has 0 saturated carbocycles. The van der Waals surface area contributed by atoms with Gasteiger partial charge >= 0.3 is 0 Å². The summed E-state index contributed by atoms with van der Waals surface area (Å²) in [6, 6.07) is 0. The maximum Gasteiger partial charge on any atom is 0.246 e. The molecular formula is C8H15NO3. The summed E-state index contributed by atoms with van der Waals surface area (Å²) in [6.45, 7) is 0.842. The topological polar surface area (TPSA) is 49.8 Å². The summed E-state index contributed by atoms with van der Waals surface area (Å²) in [6.07, 6.45) is 3.62. The Labute approximate surface area is 72.1 Å². The van der Waals surface area contributed by atoms with Gasteiger partial charge in [-0.1, -0.05) is 6.42 Å². The molecule has 0 unspecified atom stereocenters. The van der Waals surface area contributed by atoms with Crippen LogP contribution in [0, 0.1) is 0 Å². The minimum Gasteiger partial charge on any atom is -0.394 e. The molecule has 1 heterocycles. The van der Waals surface area contributed by atoms with Gasteiger partial charge in [-0.25, -0.2) is 5.06 Å². The van der Waals surface area contributed by atoms with E-state index in [0.29, 0.717) is 13.0 Å². The number of rotatable bonds is 3. The summed E-state index contributed by atoms with van der Waals surface area (Å²) >= 11 is 0. The minimum atomic E-state index is -0.0379. The number of carbonyl (C=O) groups is 1. The predicted octanol–water partition coefficient (Wildman–Crippen LogP) is 0.313. The molecule has 0 atom stereocenters. The Morgan fingerprint density at radius 1 is 1.42 bits per heavy atom. The average molecular weight is 173 g/mol. The first-order valence-electron chi connectivity index (χ1n) is 4.38. The molecule has 1 aliphatic heterocycles. The van der Waals surface area contributed by atoms with Crippen LogP contribution in [0.4, 0.5) is 0 Å². The zero-order valence-corrected chi connectivity index (χ0v) is 7.16. The van der Waals surface area contributed by atoms with Gasteiger partial charge in [0.1, 0.15) is 0 Å². The Bertz CT molecular complexity index is 149. The molecule has 0 spiro atoms. The molecular weight excluding hydrogens is 158 g/mol. The standard InChI is InChI=1S/C8H15NO3/c10-6-7-12-9-5-3-1-2-4-8(9)11/h10H,1-7H2. The second kappa shape index (κ2) is 5.11. The molecule has 0 aromatic rings. The van der Waals surface area contributed by atoms with E-state index in [4.69, 9.17) is 9.94 Å². The zero-order chi connectivity index (χ0) is 8.81. The molecule has 70 valence electrons. The van der Waals surface area contributed by atoms with Crippen LogP contribution in [-0.4, -0.2) is 35.8 Å². The first-order chi connectivity index (χ1) is 5.84. The molecule has 1 N–H and O–H groups in total. The number of carbonyl (C=O) groups excluding carboxylic acids is 1. The highest BCUT2D eigenvalue weighted by Gasteiger charge is 2.16. The van der Waals surface area contributed by atoms with Crippen LogP contribution in [0.25, 0.3) is 0 Å². The van der Waals surface area contributed by atoms with Crippen molar-refractivity contribution in [3.8, 4) is 0 Å². The summed E-state index contributed by atoms with van der Waals surface area (Å²) in [5.74, 6) is 0.0425. The highest BCUT2D eigenvalue weighted by molar-refractivity contribution is 5.75. The molecule has 4 heteroatoms. The van der Waals surface area contributed by atoms with Gasteiger partial charge in [-0.2, -0.15) is 0 Å². The quantitative estimate of drug-likeness (QED) is 0.668. The van der Waals surface area contributed by atoms with Crippen molar-refractivity contribution in [3.63, 3.8) is 0 Å². The molecule has 1 amide bonds. The van der Waals surface area contributed by atoms with Crippen molar-refractivity contribution in [1.29, 1.82) is 0 Å². The molecule has 1 rings (SSSR count). The van der Waals surface area contributed by atoms with Gasteiger partial charge in [-0.05, 0) is 12.8 Å². The first-order valence-corrected chi connectivity index (χ1v) is 4.38. The fourth-order valence-corrected chi connectivity index (χ4v) is 1.25. The smallest absolute Gasteiger partial charge is 0.246 e. The zero-order valence-electron chi connectivity index (χ0n) is 7.16. The fraction of sp³-hybridized carbons (Fsp3) is 0.875.